The number of benzene rings is 3. The lowest BCUT2D eigenvalue weighted by Crippen LogP contribution is -2.37. The van der Waals surface area contributed by atoms with Crippen molar-refractivity contribution in [2.24, 2.45) is 0 Å². The predicted molar refractivity (Wildman–Crippen MR) is 164 cm³/mol. The summed E-state index contributed by atoms with van der Waals surface area (Å²) in [5.74, 6) is 0.939. The van der Waals surface area contributed by atoms with Crippen molar-refractivity contribution in [3.05, 3.63) is 83.0 Å². The van der Waals surface area contributed by atoms with E-state index >= 15 is 0 Å². The second-order valence-corrected chi connectivity index (χ2v) is 13.5. The van der Waals surface area contributed by atoms with E-state index in [9.17, 15) is 9.11 Å². The number of ether oxygens (including phenoxy) is 1. The van der Waals surface area contributed by atoms with Crippen molar-refractivity contribution in [3.8, 4) is 22.4 Å². The topological polar surface area (TPSA) is 82.0 Å². The summed E-state index contributed by atoms with van der Waals surface area (Å²) < 4.78 is 25.4. The first-order valence-electron chi connectivity index (χ1n) is 14.1. The fourth-order valence-corrected chi connectivity index (χ4v) is 6.95. The number of aryl methyl sites for hydroxylation is 2. The van der Waals surface area contributed by atoms with E-state index in [4.69, 9.17) is 14.7 Å². The molecule has 2 fully saturated rings. The Bertz CT molecular complexity index is 1510. The summed E-state index contributed by atoms with van der Waals surface area (Å²) in [4.78, 5) is 14.7. The van der Waals surface area contributed by atoms with Gasteiger partial charge in [-0.2, -0.15) is 10.6 Å². The number of aromatic nitrogens is 2. The summed E-state index contributed by atoms with van der Waals surface area (Å²) in [6.07, 6.45) is 1.88. The maximum Gasteiger partial charge on any atom is 0.0972 e. The number of nitrogens with zero attached hydrogens (tertiary/aromatic N) is 4. The molecular weight excluding hydrogens is 520 g/mol. The van der Waals surface area contributed by atoms with E-state index in [-0.39, 0.29) is 0 Å². The summed E-state index contributed by atoms with van der Waals surface area (Å²) in [5.41, 5.74) is 11.1. The van der Waals surface area contributed by atoms with Gasteiger partial charge in [-0.05, 0) is 53.8 Å². The maximum atomic E-state index is 9.94. The van der Waals surface area contributed by atoms with Crippen LogP contribution in [0.4, 0.5) is 0 Å². The molecule has 0 saturated carbocycles. The van der Waals surface area contributed by atoms with Crippen LogP contribution in [0.15, 0.2) is 60.8 Å². The fourth-order valence-electron chi connectivity index (χ4n) is 5.64. The van der Waals surface area contributed by atoms with Crippen LogP contribution in [0.3, 0.4) is 0 Å². The average Bonchev–Trinajstić information content (AvgIpc) is 2.96. The molecule has 0 radical (unpaired) electrons. The molecule has 2 aliphatic heterocycles. The maximum absolute atomic E-state index is 9.94. The summed E-state index contributed by atoms with van der Waals surface area (Å²) in [5, 5.41) is 0. The van der Waals surface area contributed by atoms with Crippen molar-refractivity contribution >= 4 is 21.6 Å². The average molecular weight is 559 g/mol. The Hall–Kier alpha value is -2.85. The van der Waals surface area contributed by atoms with Gasteiger partial charge in [-0.15, -0.1) is 0 Å². The molecule has 3 aromatic carbocycles. The van der Waals surface area contributed by atoms with Gasteiger partial charge in [0.1, 0.15) is 0 Å². The smallest absolute Gasteiger partial charge is 0.0972 e. The van der Waals surface area contributed by atoms with Crippen LogP contribution in [0.25, 0.3) is 33.4 Å². The van der Waals surface area contributed by atoms with E-state index in [1.807, 2.05) is 18.3 Å². The van der Waals surface area contributed by atoms with Crippen LogP contribution in [0, 0.1) is 13.8 Å². The van der Waals surface area contributed by atoms with Gasteiger partial charge in [-0.3, -0.25) is 23.9 Å². The van der Waals surface area contributed by atoms with Gasteiger partial charge in [-0.25, -0.2) is 4.98 Å². The molecule has 0 bridgehead atoms. The molecule has 0 amide bonds. The van der Waals surface area contributed by atoms with Crippen molar-refractivity contribution in [3.63, 3.8) is 0 Å². The molecule has 2 aliphatic rings. The van der Waals surface area contributed by atoms with Crippen LogP contribution in [-0.2, 0) is 17.8 Å². The number of hydrogen-bond acceptors (Lipinski definition) is 7. The molecule has 210 valence electrons. The highest BCUT2D eigenvalue weighted by Gasteiger charge is 2.22. The Morgan fingerprint density at radius 3 is 2.10 bits per heavy atom. The van der Waals surface area contributed by atoms with E-state index in [2.05, 4.69) is 66.1 Å². The van der Waals surface area contributed by atoms with Crippen molar-refractivity contribution in [1.82, 2.24) is 19.8 Å². The molecule has 0 atom stereocenters. The Kier molecular flexibility index (Phi) is 7.90. The summed E-state index contributed by atoms with van der Waals surface area (Å²) in [6, 6.07) is 19.4. The molecule has 8 heteroatoms. The lowest BCUT2D eigenvalue weighted by molar-refractivity contribution is 0.0341. The van der Waals surface area contributed by atoms with Gasteiger partial charge in [0.15, 0.2) is 0 Å². The summed E-state index contributed by atoms with van der Waals surface area (Å²) >= 11 is 0. The third kappa shape index (κ3) is 6.07. The van der Waals surface area contributed by atoms with Crippen molar-refractivity contribution < 1.29 is 13.8 Å². The number of hydrogen-bond donors (Lipinski definition) is 2. The molecule has 40 heavy (non-hydrogen) atoms. The van der Waals surface area contributed by atoms with Crippen molar-refractivity contribution in [2.45, 2.75) is 26.9 Å². The lowest BCUT2D eigenvalue weighted by atomic mass is 9.98. The summed E-state index contributed by atoms with van der Waals surface area (Å²) in [7, 11) is -2.38. The van der Waals surface area contributed by atoms with Crippen LogP contribution in [0.2, 0.25) is 0 Å². The highest BCUT2D eigenvalue weighted by Crippen LogP contribution is 2.40. The quantitative estimate of drug-likeness (QED) is 0.301. The second-order valence-electron chi connectivity index (χ2n) is 11.1. The molecule has 6 rings (SSSR count). The largest absolute Gasteiger partial charge is 0.379 e. The Labute approximate surface area is 238 Å². The van der Waals surface area contributed by atoms with Gasteiger partial charge in [0, 0.05) is 50.4 Å². The van der Waals surface area contributed by atoms with Gasteiger partial charge in [-0.1, -0.05) is 42.5 Å². The summed E-state index contributed by atoms with van der Waals surface area (Å²) in [6.45, 7) is 11.1. The SMILES string of the molecule is Cc1cc(-c2cnc3cccc(-c4ccc(CN5CCS(O)(O)CC5)c(C)c4)c3n2)ccc1CN1CCOCC1. The Morgan fingerprint density at radius 2 is 1.43 bits per heavy atom. The van der Waals surface area contributed by atoms with E-state index < -0.39 is 10.6 Å². The second kappa shape index (κ2) is 11.6. The highest BCUT2D eigenvalue weighted by molar-refractivity contribution is 8.24. The number of para-hydroxylation sites is 1. The van der Waals surface area contributed by atoms with Gasteiger partial charge in [0.05, 0.1) is 47.6 Å². The molecular formula is C32H38N4O3S. The van der Waals surface area contributed by atoms with Crippen LogP contribution >= 0.6 is 10.6 Å². The number of morpholine rings is 1. The van der Waals surface area contributed by atoms with Gasteiger partial charge in [0.25, 0.3) is 0 Å². The number of fused-ring (bicyclic) bond motifs is 1. The minimum atomic E-state index is -2.38. The standard InChI is InChI=1S/C32H38N4O3S/c1-23-18-25(6-8-27(23)22-36-12-16-40(37,38)17-13-36)29-4-3-5-30-32(29)34-31(20-33-30)26-7-9-28(24(2)19-26)21-35-10-14-39-15-11-35/h3-9,18-20,37-38H,10-17,21-22H2,1-2H3. The van der Waals surface area contributed by atoms with Crippen LogP contribution in [0.1, 0.15) is 22.3 Å². The zero-order chi connectivity index (χ0) is 27.7. The van der Waals surface area contributed by atoms with Gasteiger partial charge < -0.3 is 4.74 Å². The molecule has 3 heterocycles. The predicted octanol–water partition coefficient (Wildman–Crippen LogP) is 5.98. The van der Waals surface area contributed by atoms with Gasteiger partial charge >= 0.3 is 0 Å². The minimum absolute atomic E-state index is 0.470. The number of rotatable bonds is 6. The van der Waals surface area contributed by atoms with Crippen LogP contribution in [-0.4, -0.2) is 79.8 Å². The first kappa shape index (κ1) is 27.3. The Balaban J connectivity index is 1.25. The molecule has 1 aromatic heterocycles. The monoisotopic (exact) mass is 558 g/mol. The molecule has 0 unspecified atom stereocenters. The molecule has 2 saturated heterocycles. The van der Waals surface area contributed by atoms with E-state index in [1.54, 1.807) is 0 Å². The molecule has 0 spiro atoms. The molecule has 4 aromatic rings. The first-order chi connectivity index (χ1) is 19.3. The molecule has 7 nitrogen and oxygen atoms in total. The molecule has 2 N–H and O–H groups in total. The third-order valence-corrected chi connectivity index (χ3v) is 9.90. The molecule has 0 aliphatic carbocycles. The van der Waals surface area contributed by atoms with Crippen LogP contribution < -0.4 is 0 Å². The van der Waals surface area contributed by atoms with E-state index in [0.717, 1.165) is 85.9 Å². The van der Waals surface area contributed by atoms with E-state index in [1.165, 1.54) is 22.3 Å². The third-order valence-electron chi connectivity index (χ3n) is 8.23. The first-order valence-corrected chi connectivity index (χ1v) is 15.9. The zero-order valence-electron chi connectivity index (χ0n) is 23.3. The minimum Gasteiger partial charge on any atom is -0.379 e. The normalized spacial score (nSPS) is 19.1. The highest BCUT2D eigenvalue weighted by atomic mass is 32.3. The Morgan fingerprint density at radius 1 is 0.800 bits per heavy atom. The lowest BCUT2D eigenvalue weighted by Gasteiger charge is -2.41. The van der Waals surface area contributed by atoms with Gasteiger partial charge in [0.2, 0.25) is 0 Å². The zero-order valence-corrected chi connectivity index (χ0v) is 24.2. The van der Waals surface area contributed by atoms with Crippen molar-refractivity contribution in [1.29, 1.82) is 0 Å². The van der Waals surface area contributed by atoms with Crippen LogP contribution in [0.5, 0.6) is 0 Å². The fraction of sp³-hybridized carbons (Fsp3) is 0.375. The van der Waals surface area contributed by atoms with E-state index in [0.29, 0.717) is 11.5 Å². The van der Waals surface area contributed by atoms with Crippen molar-refractivity contribution in [2.75, 3.05) is 50.9 Å².